The summed E-state index contributed by atoms with van der Waals surface area (Å²) in [7, 11) is 0. The number of nitrogens with zero attached hydrogens (tertiary/aromatic N) is 3. The van der Waals surface area contributed by atoms with Gasteiger partial charge in [0, 0.05) is 23.5 Å². The van der Waals surface area contributed by atoms with Gasteiger partial charge in [0.05, 0.1) is 12.3 Å². The van der Waals surface area contributed by atoms with E-state index in [4.69, 9.17) is 10.5 Å². The highest BCUT2D eigenvalue weighted by Gasteiger charge is 2.13. The van der Waals surface area contributed by atoms with Crippen LogP contribution in [-0.2, 0) is 0 Å². The van der Waals surface area contributed by atoms with Crippen LogP contribution in [0.2, 0.25) is 0 Å². The van der Waals surface area contributed by atoms with Crippen LogP contribution in [0, 0.1) is 11.3 Å². The zero-order valence-electron chi connectivity index (χ0n) is 17.5. The van der Waals surface area contributed by atoms with E-state index in [0.29, 0.717) is 11.3 Å². The lowest BCUT2D eigenvalue weighted by Crippen LogP contribution is -2.00. The molecule has 0 fully saturated rings. The predicted octanol–water partition coefficient (Wildman–Crippen LogP) is 6.00. The van der Waals surface area contributed by atoms with E-state index in [1.165, 1.54) is 32.1 Å². The molecule has 0 aliphatic carbocycles. The molecule has 1 aromatic carbocycles. The molecule has 2 N–H and O–H groups in total. The second-order valence-electron chi connectivity index (χ2n) is 7.30. The van der Waals surface area contributed by atoms with Crippen LogP contribution >= 0.6 is 0 Å². The minimum absolute atomic E-state index is 0.227. The number of nitrogens with two attached hydrogens (primary N) is 1. The summed E-state index contributed by atoms with van der Waals surface area (Å²) in [5.41, 5.74) is 9.76. The Labute approximate surface area is 178 Å². The maximum absolute atomic E-state index is 9.59. The highest BCUT2D eigenvalue weighted by atomic mass is 16.5. The van der Waals surface area contributed by atoms with Crippen molar-refractivity contribution >= 4 is 5.82 Å². The molecule has 3 rings (SSSR count). The number of hydrogen-bond acceptors (Lipinski definition) is 5. The lowest BCUT2D eigenvalue weighted by atomic mass is 9.98. The number of aromatic nitrogens is 2. The summed E-state index contributed by atoms with van der Waals surface area (Å²) in [5, 5.41) is 9.59. The molecular formula is C25H28N4O. The van der Waals surface area contributed by atoms with Gasteiger partial charge in [0.1, 0.15) is 23.2 Å². The number of pyridine rings is 2. The van der Waals surface area contributed by atoms with E-state index in [-0.39, 0.29) is 5.82 Å². The van der Waals surface area contributed by atoms with E-state index in [9.17, 15) is 5.26 Å². The number of nitriles is 1. The Balaban J connectivity index is 1.71. The summed E-state index contributed by atoms with van der Waals surface area (Å²) in [5.74, 6) is 1.06. The highest BCUT2D eigenvalue weighted by molar-refractivity contribution is 5.80. The first-order valence-electron chi connectivity index (χ1n) is 10.6. The van der Waals surface area contributed by atoms with Gasteiger partial charge in [-0.05, 0) is 42.3 Å². The van der Waals surface area contributed by atoms with E-state index in [0.717, 1.165) is 35.5 Å². The molecule has 0 aliphatic heterocycles. The summed E-state index contributed by atoms with van der Waals surface area (Å²) in [6.07, 6.45) is 10.9. The third kappa shape index (κ3) is 5.57. The van der Waals surface area contributed by atoms with Crippen molar-refractivity contribution < 1.29 is 4.74 Å². The Bertz CT molecular complexity index is 979. The zero-order valence-corrected chi connectivity index (χ0v) is 17.5. The van der Waals surface area contributed by atoms with Gasteiger partial charge >= 0.3 is 0 Å². The fraction of sp³-hybridized carbons (Fsp3) is 0.320. The number of unbranched alkanes of at least 4 members (excludes halogenated alkanes) is 5. The Morgan fingerprint density at radius 1 is 0.933 bits per heavy atom. The summed E-state index contributed by atoms with van der Waals surface area (Å²) in [6.45, 7) is 2.95. The van der Waals surface area contributed by atoms with Crippen LogP contribution in [0.4, 0.5) is 5.82 Å². The lowest BCUT2D eigenvalue weighted by molar-refractivity contribution is 0.304. The molecular weight excluding hydrogens is 372 g/mol. The van der Waals surface area contributed by atoms with Crippen LogP contribution in [0.25, 0.3) is 22.4 Å². The first-order valence-corrected chi connectivity index (χ1v) is 10.6. The number of anilines is 1. The largest absolute Gasteiger partial charge is 0.494 e. The molecule has 0 radical (unpaired) electrons. The van der Waals surface area contributed by atoms with Gasteiger partial charge < -0.3 is 10.5 Å². The van der Waals surface area contributed by atoms with Crippen LogP contribution in [0.15, 0.2) is 54.9 Å². The second-order valence-corrected chi connectivity index (χ2v) is 7.30. The molecule has 0 unspecified atom stereocenters. The van der Waals surface area contributed by atoms with Crippen molar-refractivity contribution in [2.24, 2.45) is 0 Å². The molecule has 2 aromatic heterocycles. The quantitative estimate of drug-likeness (QED) is 0.422. The first-order chi connectivity index (χ1) is 14.7. The third-order valence-electron chi connectivity index (χ3n) is 5.07. The molecule has 0 atom stereocenters. The zero-order chi connectivity index (χ0) is 21.2. The van der Waals surface area contributed by atoms with Crippen LogP contribution in [0.3, 0.4) is 0 Å². The van der Waals surface area contributed by atoms with Crippen molar-refractivity contribution in [1.29, 1.82) is 5.26 Å². The Hall–Kier alpha value is -3.39. The minimum atomic E-state index is 0.227. The van der Waals surface area contributed by atoms with E-state index in [2.05, 4.69) is 23.0 Å². The number of hydrogen-bond donors (Lipinski definition) is 1. The van der Waals surface area contributed by atoms with E-state index >= 15 is 0 Å². The summed E-state index contributed by atoms with van der Waals surface area (Å²) in [4.78, 5) is 8.44. The SMILES string of the molecule is CCCCCCCCOc1ccc(-c2cc(-c3ccncc3)nc(N)c2C#N)cc1. The fourth-order valence-electron chi connectivity index (χ4n) is 3.38. The van der Waals surface area contributed by atoms with Crippen molar-refractivity contribution in [2.45, 2.75) is 45.4 Å². The van der Waals surface area contributed by atoms with Gasteiger partial charge in [-0.15, -0.1) is 0 Å². The molecule has 5 nitrogen and oxygen atoms in total. The van der Waals surface area contributed by atoms with E-state index in [1.807, 2.05) is 42.5 Å². The summed E-state index contributed by atoms with van der Waals surface area (Å²) in [6, 6.07) is 15.6. The lowest BCUT2D eigenvalue weighted by Gasteiger charge is -2.11. The van der Waals surface area contributed by atoms with Crippen molar-refractivity contribution in [2.75, 3.05) is 12.3 Å². The van der Waals surface area contributed by atoms with Crippen molar-refractivity contribution in [3.05, 3.63) is 60.4 Å². The highest BCUT2D eigenvalue weighted by Crippen LogP contribution is 2.32. The van der Waals surface area contributed by atoms with Crippen LogP contribution in [0.5, 0.6) is 5.75 Å². The molecule has 0 bridgehead atoms. The maximum atomic E-state index is 9.59. The van der Waals surface area contributed by atoms with Gasteiger partial charge in [0.2, 0.25) is 0 Å². The molecule has 0 spiro atoms. The first kappa shape index (κ1) is 21.3. The van der Waals surface area contributed by atoms with Gasteiger partial charge in [-0.1, -0.05) is 51.2 Å². The van der Waals surface area contributed by atoms with Crippen LogP contribution < -0.4 is 10.5 Å². The average Bonchev–Trinajstić information content (AvgIpc) is 2.79. The van der Waals surface area contributed by atoms with Gasteiger partial charge in [0.25, 0.3) is 0 Å². The molecule has 0 amide bonds. The maximum Gasteiger partial charge on any atom is 0.142 e. The molecule has 0 saturated heterocycles. The van der Waals surface area contributed by atoms with Crippen LogP contribution in [0.1, 0.15) is 51.0 Å². The smallest absolute Gasteiger partial charge is 0.142 e. The predicted molar refractivity (Wildman–Crippen MR) is 121 cm³/mol. The molecule has 30 heavy (non-hydrogen) atoms. The van der Waals surface area contributed by atoms with Crippen molar-refractivity contribution in [3.8, 4) is 34.2 Å². The molecule has 154 valence electrons. The molecule has 5 heteroatoms. The Kier molecular flexibility index (Phi) is 7.79. The van der Waals surface area contributed by atoms with Crippen LogP contribution in [-0.4, -0.2) is 16.6 Å². The number of nitrogen functional groups attached to an aromatic ring is 1. The number of benzene rings is 1. The monoisotopic (exact) mass is 400 g/mol. The minimum Gasteiger partial charge on any atom is -0.494 e. The number of ether oxygens (including phenoxy) is 1. The summed E-state index contributed by atoms with van der Waals surface area (Å²) >= 11 is 0. The van der Waals surface area contributed by atoms with Gasteiger partial charge in [-0.25, -0.2) is 4.98 Å². The van der Waals surface area contributed by atoms with Crippen molar-refractivity contribution in [1.82, 2.24) is 9.97 Å². The Morgan fingerprint density at radius 2 is 1.63 bits per heavy atom. The molecule has 2 heterocycles. The Morgan fingerprint density at radius 3 is 2.33 bits per heavy atom. The van der Waals surface area contributed by atoms with Gasteiger partial charge in [-0.3, -0.25) is 4.98 Å². The van der Waals surface area contributed by atoms with Gasteiger partial charge in [0.15, 0.2) is 0 Å². The fourth-order valence-corrected chi connectivity index (χ4v) is 3.38. The third-order valence-corrected chi connectivity index (χ3v) is 5.07. The van der Waals surface area contributed by atoms with E-state index in [1.54, 1.807) is 12.4 Å². The topological polar surface area (TPSA) is 84.8 Å². The number of rotatable bonds is 10. The van der Waals surface area contributed by atoms with Gasteiger partial charge in [-0.2, -0.15) is 5.26 Å². The molecule has 0 saturated carbocycles. The molecule has 0 aliphatic rings. The summed E-state index contributed by atoms with van der Waals surface area (Å²) < 4.78 is 5.87. The molecule has 3 aromatic rings. The average molecular weight is 401 g/mol. The van der Waals surface area contributed by atoms with Crippen molar-refractivity contribution in [3.63, 3.8) is 0 Å². The standard InChI is InChI=1S/C25H28N4O/c1-2-3-4-5-6-7-16-30-21-10-8-19(9-11-21)22-17-24(20-12-14-28-15-13-20)29-25(27)23(22)18-26/h8-15,17H,2-7,16H2,1H3,(H2,27,29). The normalized spacial score (nSPS) is 10.5. The second kappa shape index (κ2) is 11.0. The van der Waals surface area contributed by atoms with E-state index < -0.39 is 0 Å².